The molecule has 1 atom stereocenters. The molecule has 0 aromatic heterocycles. The third-order valence-corrected chi connectivity index (χ3v) is 2.25. The average Bonchev–Trinajstić information content (AvgIpc) is 2.26. The number of benzene rings is 1. The van der Waals surface area contributed by atoms with E-state index in [0.717, 1.165) is 18.5 Å². The molecular weight excluding hydrogens is 191 g/mol. The van der Waals surface area contributed by atoms with E-state index in [1.807, 2.05) is 6.08 Å². The molecule has 1 aromatic rings. The van der Waals surface area contributed by atoms with E-state index in [0.29, 0.717) is 6.54 Å². The van der Waals surface area contributed by atoms with E-state index >= 15 is 0 Å². The van der Waals surface area contributed by atoms with Gasteiger partial charge in [0.25, 0.3) is 0 Å². The van der Waals surface area contributed by atoms with Crippen LogP contribution in [0.3, 0.4) is 0 Å². The summed E-state index contributed by atoms with van der Waals surface area (Å²) < 4.78 is 12.7. The van der Waals surface area contributed by atoms with E-state index in [9.17, 15) is 4.39 Å². The van der Waals surface area contributed by atoms with E-state index in [1.165, 1.54) is 12.1 Å². The standard InChI is InChI=1S/C12H17FN2/c1-2-3-8-15-12(9-14)10-4-6-11(13)7-5-10/h2,4-7,12,15H,1,3,8-9,14H2. The number of nitrogens with two attached hydrogens (primary N) is 1. The van der Waals surface area contributed by atoms with Crippen LogP contribution in [0, 0.1) is 5.82 Å². The fraction of sp³-hybridized carbons (Fsp3) is 0.333. The predicted molar refractivity (Wildman–Crippen MR) is 61.0 cm³/mol. The van der Waals surface area contributed by atoms with E-state index in [4.69, 9.17) is 5.73 Å². The summed E-state index contributed by atoms with van der Waals surface area (Å²) in [7, 11) is 0. The van der Waals surface area contributed by atoms with Crippen LogP contribution < -0.4 is 11.1 Å². The van der Waals surface area contributed by atoms with Gasteiger partial charge in [-0.25, -0.2) is 4.39 Å². The molecule has 2 nitrogen and oxygen atoms in total. The minimum Gasteiger partial charge on any atom is -0.329 e. The van der Waals surface area contributed by atoms with Crippen LogP contribution in [0.1, 0.15) is 18.0 Å². The van der Waals surface area contributed by atoms with Gasteiger partial charge in [0, 0.05) is 12.6 Å². The normalized spacial score (nSPS) is 12.4. The minimum absolute atomic E-state index is 0.0885. The number of halogens is 1. The molecule has 3 N–H and O–H groups in total. The summed E-state index contributed by atoms with van der Waals surface area (Å²) in [4.78, 5) is 0. The maximum absolute atomic E-state index is 12.7. The molecule has 0 amide bonds. The summed E-state index contributed by atoms with van der Waals surface area (Å²) in [5, 5.41) is 3.29. The van der Waals surface area contributed by atoms with E-state index < -0.39 is 0 Å². The monoisotopic (exact) mass is 208 g/mol. The fourth-order valence-electron chi connectivity index (χ4n) is 1.39. The molecule has 0 saturated heterocycles. The van der Waals surface area contributed by atoms with E-state index in [2.05, 4.69) is 11.9 Å². The molecule has 0 aliphatic carbocycles. The van der Waals surface area contributed by atoms with Gasteiger partial charge in [-0.1, -0.05) is 18.2 Å². The number of hydrogen-bond acceptors (Lipinski definition) is 2. The maximum atomic E-state index is 12.7. The van der Waals surface area contributed by atoms with Gasteiger partial charge in [-0.3, -0.25) is 0 Å². The first-order valence-electron chi connectivity index (χ1n) is 5.07. The third-order valence-electron chi connectivity index (χ3n) is 2.25. The highest BCUT2D eigenvalue weighted by Crippen LogP contribution is 2.12. The van der Waals surface area contributed by atoms with Crippen LogP contribution in [0.4, 0.5) is 4.39 Å². The molecule has 0 fully saturated rings. The molecular formula is C12H17FN2. The molecule has 0 saturated carbocycles. The van der Waals surface area contributed by atoms with Gasteiger partial charge >= 0.3 is 0 Å². The van der Waals surface area contributed by atoms with Crippen LogP contribution in [-0.4, -0.2) is 13.1 Å². The van der Waals surface area contributed by atoms with E-state index in [-0.39, 0.29) is 11.9 Å². The van der Waals surface area contributed by atoms with Crippen molar-refractivity contribution in [2.75, 3.05) is 13.1 Å². The summed E-state index contributed by atoms with van der Waals surface area (Å²) in [5.41, 5.74) is 6.66. The first kappa shape index (κ1) is 11.9. The third kappa shape index (κ3) is 3.81. The van der Waals surface area contributed by atoms with Crippen molar-refractivity contribution in [1.82, 2.24) is 5.32 Å². The van der Waals surface area contributed by atoms with Crippen molar-refractivity contribution in [1.29, 1.82) is 0 Å². The SMILES string of the molecule is C=CCCNC(CN)c1ccc(F)cc1. The van der Waals surface area contributed by atoms with Crippen LogP contribution in [0.2, 0.25) is 0 Å². The Morgan fingerprint density at radius 1 is 1.40 bits per heavy atom. The molecule has 82 valence electrons. The van der Waals surface area contributed by atoms with Gasteiger partial charge in [0.1, 0.15) is 5.82 Å². The Balaban J connectivity index is 2.57. The highest BCUT2D eigenvalue weighted by molar-refractivity contribution is 5.20. The van der Waals surface area contributed by atoms with Crippen molar-refractivity contribution < 1.29 is 4.39 Å². The predicted octanol–water partition coefficient (Wildman–Crippen LogP) is 1.99. The number of nitrogens with one attached hydrogen (secondary N) is 1. The molecule has 0 aliphatic rings. The lowest BCUT2D eigenvalue weighted by Crippen LogP contribution is -2.28. The van der Waals surface area contributed by atoms with Crippen LogP contribution in [0.15, 0.2) is 36.9 Å². The van der Waals surface area contributed by atoms with Gasteiger partial charge in [0.15, 0.2) is 0 Å². The molecule has 0 radical (unpaired) electrons. The van der Waals surface area contributed by atoms with Gasteiger partial charge in [0.05, 0.1) is 0 Å². The highest BCUT2D eigenvalue weighted by atomic mass is 19.1. The summed E-state index contributed by atoms with van der Waals surface area (Å²) in [6, 6.07) is 6.51. The van der Waals surface area contributed by atoms with Gasteiger partial charge in [0.2, 0.25) is 0 Å². The Hall–Kier alpha value is -1.19. The second-order valence-corrected chi connectivity index (χ2v) is 3.37. The highest BCUT2D eigenvalue weighted by Gasteiger charge is 2.07. The lowest BCUT2D eigenvalue weighted by molar-refractivity contribution is 0.546. The minimum atomic E-state index is -0.222. The van der Waals surface area contributed by atoms with Crippen LogP contribution in [0.5, 0.6) is 0 Å². The summed E-state index contributed by atoms with van der Waals surface area (Å²) in [6.07, 6.45) is 2.75. The second-order valence-electron chi connectivity index (χ2n) is 3.37. The largest absolute Gasteiger partial charge is 0.329 e. The van der Waals surface area contributed by atoms with Gasteiger partial charge < -0.3 is 11.1 Å². The second kappa shape index (κ2) is 6.32. The maximum Gasteiger partial charge on any atom is 0.123 e. The zero-order valence-corrected chi connectivity index (χ0v) is 8.75. The topological polar surface area (TPSA) is 38.0 Å². The van der Waals surface area contributed by atoms with Crippen molar-refractivity contribution in [2.24, 2.45) is 5.73 Å². The fourth-order valence-corrected chi connectivity index (χ4v) is 1.39. The molecule has 1 aromatic carbocycles. The van der Waals surface area contributed by atoms with Gasteiger partial charge in [-0.05, 0) is 30.7 Å². The smallest absolute Gasteiger partial charge is 0.123 e. The Kier molecular flexibility index (Phi) is 5.01. The Labute approximate surface area is 90.0 Å². The van der Waals surface area contributed by atoms with Crippen LogP contribution in [-0.2, 0) is 0 Å². The van der Waals surface area contributed by atoms with Crippen molar-refractivity contribution in [2.45, 2.75) is 12.5 Å². The first-order valence-corrected chi connectivity index (χ1v) is 5.07. The molecule has 3 heteroatoms. The molecule has 15 heavy (non-hydrogen) atoms. The number of hydrogen-bond donors (Lipinski definition) is 2. The number of rotatable bonds is 6. The molecule has 0 aliphatic heterocycles. The molecule has 1 unspecified atom stereocenters. The summed E-state index contributed by atoms with van der Waals surface area (Å²) in [5.74, 6) is -0.222. The quantitative estimate of drug-likeness (QED) is 0.554. The van der Waals surface area contributed by atoms with Crippen molar-refractivity contribution in [3.8, 4) is 0 Å². The molecule has 0 heterocycles. The lowest BCUT2D eigenvalue weighted by atomic mass is 10.1. The first-order chi connectivity index (χ1) is 7.27. The van der Waals surface area contributed by atoms with Gasteiger partial charge in [-0.15, -0.1) is 6.58 Å². The van der Waals surface area contributed by atoms with E-state index in [1.54, 1.807) is 12.1 Å². The molecule has 1 rings (SSSR count). The average molecular weight is 208 g/mol. The Morgan fingerprint density at radius 2 is 2.07 bits per heavy atom. The van der Waals surface area contributed by atoms with Crippen molar-refractivity contribution >= 4 is 0 Å². The Morgan fingerprint density at radius 3 is 2.60 bits per heavy atom. The van der Waals surface area contributed by atoms with Crippen LogP contribution in [0.25, 0.3) is 0 Å². The molecule has 0 spiro atoms. The lowest BCUT2D eigenvalue weighted by Gasteiger charge is -2.16. The van der Waals surface area contributed by atoms with Crippen molar-refractivity contribution in [3.05, 3.63) is 48.3 Å². The molecule has 0 bridgehead atoms. The zero-order chi connectivity index (χ0) is 11.1. The van der Waals surface area contributed by atoms with Crippen molar-refractivity contribution in [3.63, 3.8) is 0 Å². The zero-order valence-electron chi connectivity index (χ0n) is 8.75. The summed E-state index contributed by atoms with van der Waals surface area (Å²) >= 11 is 0. The van der Waals surface area contributed by atoms with Crippen LogP contribution >= 0.6 is 0 Å². The Bertz CT molecular complexity index is 295. The van der Waals surface area contributed by atoms with Gasteiger partial charge in [-0.2, -0.15) is 0 Å². The summed E-state index contributed by atoms with van der Waals surface area (Å²) in [6.45, 7) is 4.99.